The number of ether oxygens (including phenoxy) is 1. The van der Waals surface area contributed by atoms with Crippen molar-refractivity contribution in [1.82, 2.24) is 4.90 Å². The second-order valence-corrected chi connectivity index (χ2v) is 10.7. The molecule has 4 bridgehead atoms. The molecule has 1 atom stereocenters. The first-order chi connectivity index (χ1) is 16.5. The summed E-state index contributed by atoms with van der Waals surface area (Å²) in [5.41, 5.74) is 0.0941. The second-order valence-electron chi connectivity index (χ2n) is 10.7. The third kappa shape index (κ3) is 3.44. The number of nitrogens with zero attached hydrogens (tertiary/aromatic N) is 2. The van der Waals surface area contributed by atoms with E-state index in [9.17, 15) is 14.4 Å². The van der Waals surface area contributed by atoms with E-state index in [1.807, 2.05) is 6.07 Å². The van der Waals surface area contributed by atoms with Gasteiger partial charge >= 0.3 is 0 Å². The number of carbonyl (C=O) groups is 3. The first-order valence-corrected chi connectivity index (χ1v) is 12.3. The van der Waals surface area contributed by atoms with Crippen LogP contribution in [-0.2, 0) is 20.9 Å². The van der Waals surface area contributed by atoms with Crippen LogP contribution in [0.1, 0.15) is 50.7 Å². The van der Waals surface area contributed by atoms with Crippen LogP contribution < -0.4 is 9.64 Å². The predicted octanol–water partition coefficient (Wildman–Crippen LogP) is 4.17. The highest BCUT2D eigenvalue weighted by Gasteiger charge is 2.57. The Morgan fingerprint density at radius 1 is 1.06 bits per heavy atom. The number of imide groups is 1. The Morgan fingerprint density at radius 3 is 2.26 bits per heavy atom. The number of hydrogen-bond acceptors (Lipinski definition) is 5. The topological polar surface area (TPSA) is 80.1 Å². The number of furan rings is 1. The molecule has 0 N–H and O–H groups in total. The summed E-state index contributed by atoms with van der Waals surface area (Å²) in [4.78, 5) is 43.8. The molecule has 1 aromatic carbocycles. The van der Waals surface area contributed by atoms with Gasteiger partial charge in [-0.25, -0.2) is 4.90 Å². The smallest absolute Gasteiger partial charge is 0.257 e. The molecule has 7 rings (SSSR count). The van der Waals surface area contributed by atoms with Crippen molar-refractivity contribution in [3.8, 4) is 5.75 Å². The molecule has 7 heteroatoms. The fraction of sp³-hybridized carbons (Fsp3) is 0.519. The first-order valence-electron chi connectivity index (χ1n) is 12.3. The van der Waals surface area contributed by atoms with Crippen molar-refractivity contribution in [2.45, 2.75) is 57.5 Å². The van der Waals surface area contributed by atoms with Crippen molar-refractivity contribution in [2.24, 2.45) is 23.2 Å². The summed E-state index contributed by atoms with van der Waals surface area (Å²) in [5, 5.41) is 0. The Morgan fingerprint density at radius 2 is 1.71 bits per heavy atom. The van der Waals surface area contributed by atoms with Crippen LogP contribution in [0, 0.1) is 23.2 Å². The summed E-state index contributed by atoms with van der Waals surface area (Å²) in [5.74, 6) is 2.50. The van der Waals surface area contributed by atoms with Crippen LogP contribution in [0.2, 0.25) is 0 Å². The minimum atomic E-state index is -0.819. The van der Waals surface area contributed by atoms with E-state index in [4.69, 9.17) is 9.15 Å². The molecule has 3 amide bonds. The minimum absolute atomic E-state index is 0.0102. The number of carbonyl (C=O) groups excluding carboxylic acids is 3. The SMILES string of the molecule is COc1ccc(N2C(=O)CC(N(Cc3ccco3)C(=O)C34CC5CC(CC(C5)C3)C4)C2=O)cc1. The Bertz CT molecular complexity index is 1070. The highest BCUT2D eigenvalue weighted by Crippen LogP contribution is 2.60. The molecule has 34 heavy (non-hydrogen) atoms. The summed E-state index contributed by atoms with van der Waals surface area (Å²) in [6.45, 7) is 0.202. The van der Waals surface area contributed by atoms with Crippen LogP contribution in [0.15, 0.2) is 47.1 Å². The summed E-state index contributed by atoms with van der Waals surface area (Å²) < 4.78 is 10.8. The normalized spacial score (nSPS) is 31.9. The van der Waals surface area contributed by atoms with Crippen LogP contribution in [0.5, 0.6) is 5.75 Å². The van der Waals surface area contributed by atoms with Crippen LogP contribution in [0.25, 0.3) is 0 Å². The minimum Gasteiger partial charge on any atom is -0.497 e. The third-order valence-electron chi connectivity index (χ3n) is 8.49. The van der Waals surface area contributed by atoms with E-state index < -0.39 is 11.5 Å². The van der Waals surface area contributed by atoms with Gasteiger partial charge in [-0.3, -0.25) is 14.4 Å². The summed E-state index contributed by atoms with van der Waals surface area (Å²) in [6.07, 6.45) is 7.98. The van der Waals surface area contributed by atoms with Gasteiger partial charge in [0.05, 0.1) is 37.4 Å². The zero-order valence-corrected chi connectivity index (χ0v) is 19.4. The molecule has 1 aliphatic heterocycles. The van der Waals surface area contributed by atoms with E-state index in [1.165, 1.54) is 24.2 Å². The van der Waals surface area contributed by atoms with Crippen LogP contribution in [0.4, 0.5) is 5.69 Å². The van der Waals surface area contributed by atoms with E-state index in [0.29, 0.717) is 35.0 Å². The van der Waals surface area contributed by atoms with E-state index >= 15 is 0 Å². The molecule has 0 spiro atoms. The van der Waals surface area contributed by atoms with Gasteiger partial charge in [0.15, 0.2) is 0 Å². The molecule has 5 aliphatic rings. The average molecular weight is 463 g/mol. The number of benzene rings is 1. The Kier molecular flexibility index (Phi) is 5.04. The summed E-state index contributed by atoms with van der Waals surface area (Å²) >= 11 is 0. The largest absolute Gasteiger partial charge is 0.497 e. The Balaban J connectivity index is 1.32. The van der Waals surface area contributed by atoms with Gasteiger partial charge in [-0.2, -0.15) is 0 Å². The molecule has 4 saturated carbocycles. The number of anilines is 1. The van der Waals surface area contributed by atoms with E-state index in [-0.39, 0.29) is 30.7 Å². The van der Waals surface area contributed by atoms with Gasteiger partial charge < -0.3 is 14.1 Å². The van der Waals surface area contributed by atoms with Crippen molar-refractivity contribution in [1.29, 1.82) is 0 Å². The lowest BCUT2D eigenvalue weighted by Gasteiger charge is -2.56. The average Bonchev–Trinajstić information content (AvgIpc) is 3.43. The maximum absolute atomic E-state index is 14.3. The van der Waals surface area contributed by atoms with Gasteiger partial charge in [0.25, 0.3) is 5.91 Å². The molecule has 2 heterocycles. The summed E-state index contributed by atoms with van der Waals surface area (Å²) in [7, 11) is 1.57. The zero-order valence-electron chi connectivity index (χ0n) is 19.4. The number of methoxy groups -OCH3 is 1. The molecule has 1 unspecified atom stereocenters. The molecule has 7 nitrogen and oxygen atoms in total. The van der Waals surface area contributed by atoms with Gasteiger partial charge in [-0.15, -0.1) is 0 Å². The number of rotatable bonds is 6. The lowest BCUT2D eigenvalue weighted by atomic mass is 9.49. The number of amides is 3. The highest BCUT2D eigenvalue weighted by atomic mass is 16.5. The number of hydrogen-bond donors (Lipinski definition) is 0. The van der Waals surface area contributed by atoms with E-state index in [2.05, 4.69) is 0 Å². The maximum Gasteiger partial charge on any atom is 0.257 e. The lowest BCUT2D eigenvalue weighted by molar-refractivity contribution is -0.162. The van der Waals surface area contributed by atoms with Crippen molar-refractivity contribution in [3.63, 3.8) is 0 Å². The fourth-order valence-electron chi connectivity index (χ4n) is 7.43. The van der Waals surface area contributed by atoms with Crippen LogP contribution in [0.3, 0.4) is 0 Å². The third-order valence-corrected chi connectivity index (χ3v) is 8.49. The molecule has 2 aromatic rings. The standard InChI is InChI=1S/C27H30N2O5/c1-33-21-6-4-20(5-7-21)29-24(30)12-23(25(29)31)28(16-22-3-2-8-34-22)26(32)27-13-17-9-18(14-27)11-19(10-17)15-27/h2-8,17-19,23H,9-16H2,1H3. The Labute approximate surface area is 199 Å². The van der Waals surface area contributed by atoms with Gasteiger partial charge in [0.2, 0.25) is 11.8 Å². The van der Waals surface area contributed by atoms with Crippen LogP contribution in [-0.4, -0.2) is 35.8 Å². The van der Waals surface area contributed by atoms with Crippen molar-refractivity contribution in [3.05, 3.63) is 48.4 Å². The van der Waals surface area contributed by atoms with Crippen LogP contribution >= 0.6 is 0 Å². The molecule has 5 fully saturated rings. The van der Waals surface area contributed by atoms with Gasteiger partial charge in [0, 0.05) is 0 Å². The molecular weight excluding hydrogens is 432 g/mol. The lowest BCUT2D eigenvalue weighted by Crippen LogP contribution is -2.57. The van der Waals surface area contributed by atoms with Crippen molar-refractivity contribution < 1.29 is 23.5 Å². The first kappa shape index (κ1) is 21.4. The predicted molar refractivity (Wildman–Crippen MR) is 124 cm³/mol. The molecule has 178 valence electrons. The Hall–Kier alpha value is -3.09. The highest BCUT2D eigenvalue weighted by molar-refractivity contribution is 6.23. The van der Waals surface area contributed by atoms with Gasteiger partial charge in [-0.1, -0.05) is 0 Å². The van der Waals surface area contributed by atoms with Crippen molar-refractivity contribution >= 4 is 23.4 Å². The molecular formula is C27H30N2O5. The molecule has 0 radical (unpaired) electrons. The van der Waals surface area contributed by atoms with E-state index in [1.54, 1.807) is 48.6 Å². The van der Waals surface area contributed by atoms with E-state index in [0.717, 1.165) is 19.3 Å². The second kappa shape index (κ2) is 8.00. The maximum atomic E-state index is 14.3. The van der Waals surface area contributed by atoms with Gasteiger partial charge in [-0.05, 0) is 92.7 Å². The quantitative estimate of drug-likeness (QED) is 0.602. The summed E-state index contributed by atoms with van der Waals surface area (Å²) in [6, 6.07) is 9.65. The van der Waals surface area contributed by atoms with Gasteiger partial charge in [0.1, 0.15) is 17.6 Å². The molecule has 4 aliphatic carbocycles. The monoisotopic (exact) mass is 462 g/mol. The molecule has 1 saturated heterocycles. The molecule has 1 aromatic heterocycles. The fourth-order valence-corrected chi connectivity index (χ4v) is 7.43. The van der Waals surface area contributed by atoms with Crippen molar-refractivity contribution in [2.75, 3.05) is 12.0 Å². The zero-order chi connectivity index (χ0) is 23.4.